The molecule has 6 nitrogen and oxygen atoms in total. The lowest BCUT2D eigenvalue weighted by molar-refractivity contribution is -0.0114. The van der Waals surface area contributed by atoms with E-state index < -0.39 is 0 Å². The predicted octanol–water partition coefficient (Wildman–Crippen LogP) is 2.16. The number of carbonyl (C=O) groups excluding carboxylic acids is 1. The summed E-state index contributed by atoms with van der Waals surface area (Å²) in [6.45, 7) is 11.3. The highest BCUT2D eigenvalue weighted by Gasteiger charge is 2.51. The van der Waals surface area contributed by atoms with Gasteiger partial charge in [-0.25, -0.2) is 0 Å². The minimum absolute atomic E-state index is 0.0454. The lowest BCUT2D eigenvalue weighted by atomic mass is 9.49. The first-order valence-electron chi connectivity index (χ1n) is 10.4. The molecule has 2 fully saturated rings. The molecule has 1 amide bonds. The van der Waals surface area contributed by atoms with Gasteiger partial charge in [0.25, 0.3) is 5.91 Å². The van der Waals surface area contributed by atoms with Gasteiger partial charge in [-0.2, -0.15) is 5.10 Å². The summed E-state index contributed by atoms with van der Waals surface area (Å²) in [5.41, 5.74) is 3.88. The third-order valence-electron chi connectivity index (χ3n) is 7.38. The number of aromatic nitrogens is 2. The van der Waals surface area contributed by atoms with E-state index in [1.165, 1.54) is 18.5 Å². The van der Waals surface area contributed by atoms with E-state index in [-0.39, 0.29) is 5.91 Å². The van der Waals surface area contributed by atoms with E-state index in [1.807, 2.05) is 15.6 Å². The molecule has 1 aromatic heterocycles. The molecule has 27 heavy (non-hydrogen) atoms. The van der Waals surface area contributed by atoms with Crippen molar-refractivity contribution in [2.24, 2.45) is 17.3 Å². The number of carbonyl (C=O) groups is 1. The zero-order valence-corrected chi connectivity index (χ0v) is 16.5. The number of allylic oxidation sites excluding steroid dienone is 1. The first-order valence-corrected chi connectivity index (χ1v) is 10.4. The summed E-state index contributed by atoms with van der Waals surface area (Å²) in [5, 5.41) is 4.60. The van der Waals surface area contributed by atoms with Gasteiger partial charge in [0.2, 0.25) is 0 Å². The van der Waals surface area contributed by atoms with E-state index in [0.29, 0.717) is 37.4 Å². The number of rotatable bonds is 3. The molecule has 6 heteroatoms. The second-order valence-electron chi connectivity index (χ2n) is 9.18. The molecule has 0 radical (unpaired) electrons. The number of fused-ring (bicyclic) bond motifs is 2. The molecule has 2 atom stereocenters. The van der Waals surface area contributed by atoms with Crippen molar-refractivity contribution in [2.45, 2.75) is 39.8 Å². The molecule has 0 aromatic carbocycles. The largest absolute Gasteiger partial charge is 0.378 e. The minimum atomic E-state index is 0.0454. The quantitative estimate of drug-likeness (QED) is 0.765. The van der Waals surface area contributed by atoms with Crippen LogP contribution in [-0.2, 0) is 17.8 Å². The summed E-state index contributed by atoms with van der Waals surface area (Å²) in [6.07, 6.45) is 5.13. The minimum Gasteiger partial charge on any atom is -0.378 e. The van der Waals surface area contributed by atoms with Crippen LogP contribution in [0.2, 0.25) is 0 Å². The van der Waals surface area contributed by atoms with E-state index in [0.717, 1.165) is 38.0 Å². The Morgan fingerprint density at radius 1 is 1.26 bits per heavy atom. The zero-order chi connectivity index (χ0) is 18.6. The van der Waals surface area contributed by atoms with Crippen LogP contribution in [0.3, 0.4) is 0 Å². The number of ether oxygens (including phenoxy) is 1. The Morgan fingerprint density at radius 2 is 2.07 bits per heavy atom. The summed E-state index contributed by atoms with van der Waals surface area (Å²) in [5.74, 6) is 1.70. The smallest absolute Gasteiger partial charge is 0.274 e. The highest BCUT2D eigenvalue weighted by atomic mass is 16.5. The molecule has 2 bridgehead atoms. The molecule has 5 aliphatic rings. The molecule has 3 aliphatic carbocycles. The zero-order valence-electron chi connectivity index (χ0n) is 16.5. The molecule has 0 spiro atoms. The van der Waals surface area contributed by atoms with Crippen molar-refractivity contribution in [3.63, 3.8) is 0 Å². The van der Waals surface area contributed by atoms with E-state index in [2.05, 4.69) is 29.9 Å². The highest BCUT2D eigenvalue weighted by Crippen LogP contribution is 2.59. The lowest BCUT2D eigenvalue weighted by Crippen LogP contribution is -2.50. The van der Waals surface area contributed by atoms with Crippen LogP contribution in [-0.4, -0.2) is 64.9 Å². The third-order valence-corrected chi connectivity index (χ3v) is 7.38. The summed E-state index contributed by atoms with van der Waals surface area (Å²) in [7, 11) is 0. The standard InChI is InChI=1S/C21H30N4O2/c1-21(2)16-4-3-15(18(21)11-16)13-23-5-6-25-17(14-23)12-19(22-25)20(26)24-7-9-27-10-8-24/h3,12,16,18H,4-11,13-14H2,1-2H3/t16-,18-/m0/s1. The molecular formula is C21H30N4O2. The van der Waals surface area contributed by atoms with Crippen molar-refractivity contribution in [3.05, 3.63) is 29.1 Å². The first kappa shape index (κ1) is 17.4. The lowest BCUT2D eigenvalue weighted by Gasteiger charge is -2.57. The molecule has 146 valence electrons. The van der Waals surface area contributed by atoms with Crippen molar-refractivity contribution in [1.82, 2.24) is 19.6 Å². The Labute approximate surface area is 161 Å². The number of amides is 1. The van der Waals surface area contributed by atoms with Crippen LogP contribution in [0, 0.1) is 17.3 Å². The van der Waals surface area contributed by atoms with Crippen LogP contribution >= 0.6 is 0 Å². The number of hydrogen-bond donors (Lipinski definition) is 0. The fraction of sp³-hybridized carbons (Fsp3) is 0.714. The summed E-state index contributed by atoms with van der Waals surface area (Å²) in [6, 6.07) is 2.00. The Hall–Kier alpha value is -1.66. The van der Waals surface area contributed by atoms with Gasteiger partial charge in [-0.05, 0) is 36.2 Å². The average molecular weight is 370 g/mol. The number of morpholine rings is 1. The summed E-state index contributed by atoms with van der Waals surface area (Å²) < 4.78 is 7.38. The van der Waals surface area contributed by atoms with Gasteiger partial charge in [0, 0.05) is 32.7 Å². The second-order valence-corrected chi connectivity index (χ2v) is 9.18. The number of nitrogens with zero attached hydrogens (tertiary/aromatic N) is 4. The van der Waals surface area contributed by atoms with Crippen LogP contribution in [0.15, 0.2) is 17.7 Å². The monoisotopic (exact) mass is 370 g/mol. The van der Waals surface area contributed by atoms with E-state index in [9.17, 15) is 4.79 Å². The van der Waals surface area contributed by atoms with Crippen LogP contribution in [0.1, 0.15) is 42.9 Å². The van der Waals surface area contributed by atoms with Crippen molar-refractivity contribution in [1.29, 1.82) is 0 Å². The SMILES string of the molecule is CC1(C)[C@H]2CC=C(CN3CCn4nc(C(=O)N5CCOCC5)cc4C3)[C@@H]1C2. The maximum atomic E-state index is 12.7. The van der Waals surface area contributed by atoms with Crippen LogP contribution in [0.25, 0.3) is 0 Å². The summed E-state index contributed by atoms with van der Waals surface area (Å²) >= 11 is 0. The average Bonchev–Trinajstić information content (AvgIpc) is 3.11. The van der Waals surface area contributed by atoms with Crippen molar-refractivity contribution >= 4 is 5.91 Å². The topological polar surface area (TPSA) is 50.6 Å². The maximum absolute atomic E-state index is 12.7. The Kier molecular flexibility index (Phi) is 4.17. The second kappa shape index (κ2) is 6.45. The van der Waals surface area contributed by atoms with Gasteiger partial charge in [0.15, 0.2) is 5.69 Å². The molecule has 1 saturated carbocycles. The Bertz CT molecular complexity index is 775. The molecule has 0 unspecified atom stereocenters. The molecule has 3 heterocycles. The fourth-order valence-electron chi connectivity index (χ4n) is 5.40. The van der Waals surface area contributed by atoms with E-state index in [1.54, 1.807) is 5.57 Å². The van der Waals surface area contributed by atoms with Crippen molar-refractivity contribution < 1.29 is 9.53 Å². The van der Waals surface area contributed by atoms with Gasteiger partial charge in [0.05, 0.1) is 25.5 Å². The van der Waals surface area contributed by atoms with Crippen LogP contribution in [0.5, 0.6) is 0 Å². The third kappa shape index (κ3) is 2.93. The normalized spacial score (nSPS) is 29.7. The van der Waals surface area contributed by atoms with Gasteiger partial charge in [-0.3, -0.25) is 14.4 Å². The first-order chi connectivity index (χ1) is 13.0. The van der Waals surface area contributed by atoms with E-state index in [4.69, 9.17) is 4.74 Å². The molecule has 6 rings (SSSR count). The van der Waals surface area contributed by atoms with Gasteiger partial charge >= 0.3 is 0 Å². The molecular weight excluding hydrogens is 340 g/mol. The Balaban J connectivity index is 1.26. The van der Waals surface area contributed by atoms with Gasteiger partial charge < -0.3 is 9.64 Å². The van der Waals surface area contributed by atoms with Crippen molar-refractivity contribution in [2.75, 3.05) is 39.4 Å². The molecule has 1 aromatic rings. The predicted molar refractivity (Wildman–Crippen MR) is 102 cm³/mol. The van der Waals surface area contributed by atoms with Crippen molar-refractivity contribution in [3.8, 4) is 0 Å². The van der Waals surface area contributed by atoms with Gasteiger partial charge in [-0.1, -0.05) is 25.5 Å². The van der Waals surface area contributed by atoms with Crippen LogP contribution < -0.4 is 0 Å². The Morgan fingerprint density at radius 3 is 2.81 bits per heavy atom. The van der Waals surface area contributed by atoms with Gasteiger partial charge in [0.1, 0.15) is 0 Å². The maximum Gasteiger partial charge on any atom is 0.274 e. The number of hydrogen-bond acceptors (Lipinski definition) is 4. The van der Waals surface area contributed by atoms with E-state index >= 15 is 0 Å². The fourth-order valence-corrected chi connectivity index (χ4v) is 5.40. The van der Waals surface area contributed by atoms with Crippen LogP contribution in [0.4, 0.5) is 0 Å². The van der Waals surface area contributed by atoms with Gasteiger partial charge in [-0.15, -0.1) is 0 Å². The summed E-state index contributed by atoms with van der Waals surface area (Å²) in [4.78, 5) is 17.1. The molecule has 2 aliphatic heterocycles. The molecule has 1 saturated heterocycles. The highest BCUT2D eigenvalue weighted by molar-refractivity contribution is 5.92. The molecule has 0 N–H and O–H groups in total.